The molecule has 2 heterocycles. The number of aromatic amines is 1. The molecule has 2 aromatic rings. The van der Waals surface area contributed by atoms with Crippen LogP contribution in [0.5, 0.6) is 0 Å². The van der Waals surface area contributed by atoms with E-state index in [2.05, 4.69) is 45.9 Å². The topological polar surface area (TPSA) is 66.5 Å². The highest BCUT2D eigenvalue weighted by Crippen LogP contribution is 2.20. The van der Waals surface area contributed by atoms with Gasteiger partial charge in [-0.2, -0.15) is 5.21 Å². The van der Waals surface area contributed by atoms with Gasteiger partial charge in [-0.1, -0.05) is 5.21 Å². The molecule has 0 bridgehead atoms. The Morgan fingerprint density at radius 2 is 2.27 bits per heavy atom. The Hall–Kier alpha value is -1.27. The van der Waals surface area contributed by atoms with Crippen molar-refractivity contribution >= 4 is 11.3 Å². The molecule has 5 nitrogen and oxygen atoms in total. The van der Waals surface area contributed by atoms with Crippen LogP contribution >= 0.6 is 11.3 Å². The third-order valence-electron chi connectivity index (χ3n) is 2.13. The van der Waals surface area contributed by atoms with Crippen molar-refractivity contribution in [3.05, 3.63) is 27.2 Å². The normalized spacial score (nSPS) is 10.8. The first-order chi connectivity index (χ1) is 7.25. The summed E-state index contributed by atoms with van der Waals surface area (Å²) >= 11 is 1.83. The fraction of sp³-hybridized carbons (Fsp3) is 0.444. The summed E-state index contributed by atoms with van der Waals surface area (Å²) in [6, 6.07) is 2.21. The van der Waals surface area contributed by atoms with Gasteiger partial charge in [-0.05, 0) is 25.5 Å². The van der Waals surface area contributed by atoms with Crippen LogP contribution < -0.4 is 5.32 Å². The molecule has 0 spiro atoms. The molecule has 0 aliphatic heterocycles. The standard InChI is InChI=1S/C9H13N5S/c1-6-3-8(7(2)15-6)4-10-5-9-11-13-14-12-9/h3,10H,4-5H2,1-2H3,(H,11,12,13,14). The van der Waals surface area contributed by atoms with Gasteiger partial charge in [0.1, 0.15) is 0 Å². The number of hydrogen-bond donors (Lipinski definition) is 2. The summed E-state index contributed by atoms with van der Waals surface area (Å²) < 4.78 is 0. The molecule has 0 radical (unpaired) electrons. The maximum absolute atomic E-state index is 3.87. The first-order valence-electron chi connectivity index (χ1n) is 4.74. The SMILES string of the molecule is Cc1cc(CNCc2nn[nH]n2)c(C)s1. The van der Waals surface area contributed by atoms with Crippen LogP contribution in [0, 0.1) is 13.8 Å². The largest absolute Gasteiger partial charge is 0.306 e. The molecular formula is C9H13N5S. The molecule has 0 aliphatic carbocycles. The van der Waals surface area contributed by atoms with Gasteiger partial charge in [0.05, 0.1) is 6.54 Å². The van der Waals surface area contributed by atoms with Crippen molar-refractivity contribution in [3.63, 3.8) is 0 Å². The lowest BCUT2D eigenvalue weighted by Gasteiger charge is -2.00. The average Bonchev–Trinajstić information content (AvgIpc) is 2.77. The molecule has 0 aliphatic rings. The van der Waals surface area contributed by atoms with E-state index < -0.39 is 0 Å². The highest BCUT2D eigenvalue weighted by Gasteiger charge is 2.03. The van der Waals surface area contributed by atoms with Gasteiger partial charge in [-0.3, -0.25) is 0 Å². The van der Waals surface area contributed by atoms with E-state index in [0.717, 1.165) is 6.54 Å². The van der Waals surface area contributed by atoms with Gasteiger partial charge in [-0.25, -0.2) is 0 Å². The molecule has 15 heavy (non-hydrogen) atoms. The summed E-state index contributed by atoms with van der Waals surface area (Å²) in [5, 5.41) is 16.9. The summed E-state index contributed by atoms with van der Waals surface area (Å²) in [5.41, 5.74) is 1.35. The van der Waals surface area contributed by atoms with Crippen molar-refractivity contribution in [2.75, 3.05) is 0 Å². The second-order valence-corrected chi connectivity index (χ2v) is 4.83. The van der Waals surface area contributed by atoms with E-state index in [0.29, 0.717) is 12.4 Å². The van der Waals surface area contributed by atoms with Gasteiger partial charge >= 0.3 is 0 Å². The summed E-state index contributed by atoms with van der Waals surface area (Å²) in [6.07, 6.45) is 0. The third-order valence-corrected chi connectivity index (χ3v) is 3.14. The number of thiophene rings is 1. The van der Waals surface area contributed by atoms with Crippen LogP contribution in [0.2, 0.25) is 0 Å². The van der Waals surface area contributed by atoms with E-state index in [-0.39, 0.29) is 0 Å². The fourth-order valence-corrected chi connectivity index (χ4v) is 2.37. The molecule has 2 rings (SSSR count). The minimum atomic E-state index is 0.644. The van der Waals surface area contributed by atoms with Gasteiger partial charge in [0.2, 0.25) is 0 Å². The molecule has 0 aromatic carbocycles. The lowest BCUT2D eigenvalue weighted by atomic mass is 10.2. The molecule has 0 atom stereocenters. The average molecular weight is 223 g/mol. The summed E-state index contributed by atoms with van der Waals surface area (Å²) in [5.74, 6) is 0.694. The summed E-state index contributed by atoms with van der Waals surface area (Å²) in [7, 11) is 0. The Morgan fingerprint density at radius 1 is 1.40 bits per heavy atom. The monoisotopic (exact) mass is 223 g/mol. The number of aryl methyl sites for hydroxylation is 2. The fourth-order valence-electron chi connectivity index (χ4n) is 1.43. The zero-order valence-corrected chi connectivity index (χ0v) is 9.56. The first-order valence-corrected chi connectivity index (χ1v) is 5.56. The predicted molar refractivity (Wildman–Crippen MR) is 58.5 cm³/mol. The van der Waals surface area contributed by atoms with Gasteiger partial charge in [0.25, 0.3) is 0 Å². The van der Waals surface area contributed by atoms with Crippen molar-refractivity contribution < 1.29 is 0 Å². The van der Waals surface area contributed by atoms with E-state index in [1.54, 1.807) is 0 Å². The quantitative estimate of drug-likeness (QED) is 0.816. The van der Waals surface area contributed by atoms with E-state index in [1.807, 2.05) is 11.3 Å². The molecule has 6 heteroatoms. The van der Waals surface area contributed by atoms with Gasteiger partial charge in [0.15, 0.2) is 5.82 Å². The van der Waals surface area contributed by atoms with Crippen molar-refractivity contribution in [2.45, 2.75) is 26.9 Å². The maximum atomic E-state index is 3.87. The molecular weight excluding hydrogens is 210 g/mol. The van der Waals surface area contributed by atoms with Crippen LogP contribution in [-0.2, 0) is 13.1 Å². The number of tetrazole rings is 1. The summed E-state index contributed by atoms with van der Waals surface area (Å²) in [6.45, 7) is 5.76. The van der Waals surface area contributed by atoms with Crippen molar-refractivity contribution in [3.8, 4) is 0 Å². The Morgan fingerprint density at radius 3 is 2.87 bits per heavy atom. The lowest BCUT2D eigenvalue weighted by Crippen LogP contribution is -2.13. The Balaban J connectivity index is 1.86. The molecule has 0 fully saturated rings. The predicted octanol–water partition coefficient (Wildman–Crippen LogP) is 1.17. The smallest absolute Gasteiger partial charge is 0.188 e. The van der Waals surface area contributed by atoms with Crippen LogP contribution in [0.3, 0.4) is 0 Å². The number of aromatic nitrogens is 4. The Kier molecular flexibility index (Phi) is 3.08. The molecule has 0 saturated heterocycles. The number of nitrogens with one attached hydrogen (secondary N) is 2. The third kappa shape index (κ3) is 2.60. The highest BCUT2D eigenvalue weighted by molar-refractivity contribution is 7.12. The second kappa shape index (κ2) is 4.50. The molecule has 2 N–H and O–H groups in total. The van der Waals surface area contributed by atoms with Crippen LogP contribution in [0.1, 0.15) is 21.1 Å². The number of nitrogens with zero attached hydrogens (tertiary/aromatic N) is 3. The minimum Gasteiger partial charge on any atom is -0.306 e. The van der Waals surface area contributed by atoms with Crippen molar-refractivity contribution in [1.29, 1.82) is 0 Å². The van der Waals surface area contributed by atoms with Crippen molar-refractivity contribution in [2.24, 2.45) is 0 Å². The van der Waals surface area contributed by atoms with Gasteiger partial charge in [-0.15, -0.1) is 21.5 Å². The molecule has 0 saturated carbocycles. The second-order valence-electron chi connectivity index (χ2n) is 3.37. The van der Waals surface area contributed by atoms with Gasteiger partial charge in [0, 0.05) is 16.3 Å². The molecule has 2 aromatic heterocycles. The number of H-pyrrole nitrogens is 1. The summed E-state index contributed by atoms with van der Waals surface area (Å²) in [4.78, 5) is 2.72. The van der Waals surface area contributed by atoms with Crippen LogP contribution in [-0.4, -0.2) is 20.6 Å². The zero-order valence-electron chi connectivity index (χ0n) is 8.74. The molecule has 80 valence electrons. The molecule has 0 unspecified atom stereocenters. The van der Waals surface area contributed by atoms with E-state index in [1.165, 1.54) is 15.3 Å². The highest BCUT2D eigenvalue weighted by atomic mass is 32.1. The van der Waals surface area contributed by atoms with Crippen molar-refractivity contribution in [1.82, 2.24) is 25.9 Å². The molecule has 0 amide bonds. The number of hydrogen-bond acceptors (Lipinski definition) is 5. The maximum Gasteiger partial charge on any atom is 0.188 e. The Labute approximate surface area is 91.9 Å². The van der Waals surface area contributed by atoms with Gasteiger partial charge < -0.3 is 5.32 Å². The zero-order chi connectivity index (χ0) is 10.7. The van der Waals surface area contributed by atoms with E-state index in [4.69, 9.17) is 0 Å². The van der Waals surface area contributed by atoms with E-state index >= 15 is 0 Å². The Bertz CT molecular complexity index is 420. The van der Waals surface area contributed by atoms with E-state index in [9.17, 15) is 0 Å². The van der Waals surface area contributed by atoms with Crippen LogP contribution in [0.4, 0.5) is 0 Å². The number of rotatable bonds is 4. The van der Waals surface area contributed by atoms with Crippen LogP contribution in [0.15, 0.2) is 6.07 Å². The lowest BCUT2D eigenvalue weighted by molar-refractivity contribution is 0.663. The minimum absolute atomic E-state index is 0.644. The van der Waals surface area contributed by atoms with Crippen LogP contribution in [0.25, 0.3) is 0 Å². The first kappa shape index (κ1) is 10.3.